The van der Waals surface area contributed by atoms with Crippen LogP contribution >= 0.6 is 0 Å². The minimum Gasteiger partial charge on any atom is -0.361 e. The molecule has 0 bridgehead atoms. The van der Waals surface area contributed by atoms with Gasteiger partial charge in [-0.05, 0) is 32.4 Å². The second-order valence-corrected chi connectivity index (χ2v) is 6.46. The molecule has 2 heterocycles. The molecule has 27 heavy (non-hydrogen) atoms. The Morgan fingerprint density at radius 2 is 1.67 bits per heavy atom. The van der Waals surface area contributed by atoms with E-state index in [1.807, 2.05) is 6.07 Å². The standard InChI is InChI=1S/C19H22N4O4/c1-13-16(14(2)27-21-13)18(25)22-9-6-10-23(12-11-22)19(26)17(24)20-15-7-4-3-5-8-15/h3-5,7-8H,6,9-12H2,1-2H3,(H,20,24). The van der Waals surface area contributed by atoms with Gasteiger partial charge in [-0.3, -0.25) is 14.4 Å². The number of nitrogens with one attached hydrogen (secondary N) is 1. The molecule has 0 spiro atoms. The third-order valence-corrected chi connectivity index (χ3v) is 4.54. The Bertz CT molecular complexity index is 827. The highest BCUT2D eigenvalue weighted by Gasteiger charge is 2.28. The largest absolute Gasteiger partial charge is 0.361 e. The van der Waals surface area contributed by atoms with Crippen molar-refractivity contribution in [2.45, 2.75) is 20.3 Å². The van der Waals surface area contributed by atoms with Crippen LogP contribution in [0, 0.1) is 13.8 Å². The van der Waals surface area contributed by atoms with Crippen molar-refractivity contribution >= 4 is 23.4 Å². The molecular formula is C19H22N4O4. The molecular weight excluding hydrogens is 348 g/mol. The van der Waals surface area contributed by atoms with Crippen LogP contribution in [0.25, 0.3) is 0 Å². The van der Waals surface area contributed by atoms with E-state index in [2.05, 4.69) is 10.5 Å². The average Bonchev–Trinajstić information content (AvgIpc) is 2.87. The highest BCUT2D eigenvalue weighted by molar-refractivity contribution is 6.39. The number of anilines is 1. The third-order valence-electron chi connectivity index (χ3n) is 4.54. The molecule has 3 amide bonds. The molecule has 0 aliphatic carbocycles. The first-order chi connectivity index (χ1) is 13.0. The van der Waals surface area contributed by atoms with Gasteiger partial charge in [0.15, 0.2) is 0 Å². The average molecular weight is 370 g/mol. The summed E-state index contributed by atoms with van der Waals surface area (Å²) in [6, 6.07) is 8.83. The molecule has 0 saturated carbocycles. The van der Waals surface area contributed by atoms with E-state index in [0.29, 0.717) is 55.3 Å². The lowest BCUT2D eigenvalue weighted by molar-refractivity contribution is -0.143. The van der Waals surface area contributed by atoms with Gasteiger partial charge in [0.1, 0.15) is 11.3 Å². The van der Waals surface area contributed by atoms with Crippen molar-refractivity contribution in [3.05, 3.63) is 47.3 Å². The topological polar surface area (TPSA) is 95.8 Å². The first-order valence-corrected chi connectivity index (χ1v) is 8.85. The van der Waals surface area contributed by atoms with E-state index in [9.17, 15) is 14.4 Å². The van der Waals surface area contributed by atoms with Crippen molar-refractivity contribution in [2.75, 3.05) is 31.5 Å². The van der Waals surface area contributed by atoms with Gasteiger partial charge in [0.2, 0.25) is 0 Å². The van der Waals surface area contributed by atoms with Crippen molar-refractivity contribution in [1.82, 2.24) is 15.0 Å². The third kappa shape index (κ3) is 4.16. The minimum atomic E-state index is -0.674. The van der Waals surface area contributed by atoms with Crippen LogP contribution in [0.5, 0.6) is 0 Å². The summed E-state index contributed by atoms with van der Waals surface area (Å²) < 4.78 is 5.07. The first-order valence-electron chi connectivity index (χ1n) is 8.85. The predicted octanol–water partition coefficient (Wildman–Crippen LogP) is 1.60. The van der Waals surface area contributed by atoms with Crippen LogP contribution < -0.4 is 5.32 Å². The number of para-hydroxylation sites is 1. The molecule has 1 fully saturated rings. The van der Waals surface area contributed by atoms with Crippen LogP contribution in [0.2, 0.25) is 0 Å². The zero-order valence-electron chi connectivity index (χ0n) is 15.4. The van der Waals surface area contributed by atoms with Crippen LogP contribution in [0.1, 0.15) is 28.2 Å². The van der Waals surface area contributed by atoms with E-state index in [4.69, 9.17) is 4.52 Å². The number of carbonyl (C=O) groups is 3. The number of carbonyl (C=O) groups excluding carboxylic acids is 3. The van der Waals surface area contributed by atoms with Gasteiger partial charge >= 0.3 is 11.8 Å². The Hall–Kier alpha value is -3.16. The van der Waals surface area contributed by atoms with E-state index in [1.54, 1.807) is 43.0 Å². The lowest BCUT2D eigenvalue weighted by atomic mass is 10.1. The number of amides is 3. The maximum atomic E-state index is 12.8. The summed E-state index contributed by atoms with van der Waals surface area (Å²) in [5.74, 6) is -0.941. The monoisotopic (exact) mass is 370 g/mol. The molecule has 1 saturated heterocycles. The Labute approximate surface area is 157 Å². The minimum absolute atomic E-state index is 0.158. The number of hydrogen-bond acceptors (Lipinski definition) is 5. The fourth-order valence-corrected chi connectivity index (χ4v) is 3.12. The van der Waals surface area contributed by atoms with Gasteiger partial charge in [0.05, 0.1) is 5.69 Å². The van der Waals surface area contributed by atoms with Gasteiger partial charge in [0, 0.05) is 31.9 Å². The van der Waals surface area contributed by atoms with E-state index in [1.165, 1.54) is 4.90 Å². The lowest BCUT2D eigenvalue weighted by Gasteiger charge is -2.21. The fraction of sp³-hybridized carbons (Fsp3) is 0.368. The molecule has 0 radical (unpaired) electrons. The normalized spacial score (nSPS) is 14.6. The van der Waals surface area contributed by atoms with Crippen molar-refractivity contribution in [3.63, 3.8) is 0 Å². The van der Waals surface area contributed by atoms with E-state index >= 15 is 0 Å². The van der Waals surface area contributed by atoms with Crippen LogP contribution in [0.4, 0.5) is 5.69 Å². The van der Waals surface area contributed by atoms with Gasteiger partial charge < -0.3 is 19.6 Å². The van der Waals surface area contributed by atoms with Gasteiger partial charge in [-0.2, -0.15) is 0 Å². The van der Waals surface area contributed by atoms with E-state index in [0.717, 1.165) is 0 Å². The number of aromatic nitrogens is 1. The van der Waals surface area contributed by atoms with Crippen LogP contribution in [-0.4, -0.2) is 58.9 Å². The van der Waals surface area contributed by atoms with Gasteiger partial charge in [-0.25, -0.2) is 0 Å². The number of nitrogens with zero attached hydrogens (tertiary/aromatic N) is 3. The molecule has 8 heteroatoms. The summed E-state index contributed by atoms with van der Waals surface area (Å²) in [4.78, 5) is 40.6. The van der Waals surface area contributed by atoms with Gasteiger partial charge in [0.25, 0.3) is 5.91 Å². The molecule has 8 nitrogen and oxygen atoms in total. The maximum Gasteiger partial charge on any atom is 0.313 e. The summed E-state index contributed by atoms with van der Waals surface area (Å²) in [7, 11) is 0. The number of aryl methyl sites for hydroxylation is 2. The number of rotatable bonds is 2. The molecule has 3 rings (SSSR count). The Morgan fingerprint density at radius 3 is 2.33 bits per heavy atom. The van der Waals surface area contributed by atoms with Gasteiger partial charge in [-0.1, -0.05) is 23.4 Å². The summed E-state index contributed by atoms with van der Waals surface area (Å²) in [6.45, 7) is 5.02. The van der Waals surface area contributed by atoms with Gasteiger partial charge in [-0.15, -0.1) is 0 Å². The van der Waals surface area contributed by atoms with E-state index in [-0.39, 0.29) is 5.91 Å². The summed E-state index contributed by atoms with van der Waals surface area (Å²) in [5, 5.41) is 6.42. The molecule has 1 aromatic heterocycles. The second-order valence-electron chi connectivity index (χ2n) is 6.46. The Morgan fingerprint density at radius 1 is 1.00 bits per heavy atom. The quantitative estimate of drug-likeness (QED) is 0.810. The van der Waals surface area contributed by atoms with Crippen LogP contribution in [-0.2, 0) is 9.59 Å². The number of benzene rings is 1. The molecule has 1 aromatic carbocycles. The predicted molar refractivity (Wildman–Crippen MR) is 98.1 cm³/mol. The molecule has 0 unspecified atom stereocenters. The smallest absolute Gasteiger partial charge is 0.313 e. The SMILES string of the molecule is Cc1noc(C)c1C(=O)N1CCCN(C(=O)C(=O)Nc2ccccc2)CC1. The van der Waals surface area contributed by atoms with Crippen molar-refractivity contribution in [2.24, 2.45) is 0 Å². The summed E-state index contributed by atoms with van der Waals surface area (Å²) in [6.07, 6.45) is 0.597. The highest BCUT2D eigenvalue weighted by atomic mass is 16.5. The molecule has 2 aromatic rings. The first kappa shape index (κ1) is 18.6. The van der Waals surface area contributed by atoms with Crippen LogP contribution in [0.15, 0.2) is 34.9 Å². The maximum absolute atomic E-state index is 12.8. The summed E-state index contributed by atoms with van der Waals surface area (Å²) >= 11 is 0. The Kier molecular flexibility index (Phi) is 5.54. The van der Waals surface area contributed by atoms with Crippen LogP contribution in [0.3, 0.4) is 0 Å². The van der Waals surface area contributed by atoms with Crippen molar-refractivity contribution in [3.8, 4) is 0 Å². The van der Waals surface area contributed by atoms with E-state index < -0.39 is 11.8 Å². The number of hydrogen-bond donors (Lipinski definition) is 1. The van der Waals surface area contributed by atoms with Crippen molar-refractivity contribution in [1.29, 1.82) is 0 Å². The summed E-state index contributed by atoms with van der Waals surface area (Å²) in [5.41, 5.74) is 1.59. The molecule has 142 valence electrons. The second kappa shape index (κ2) is 8.03. The molecule has 0 atom stereocenters. The fourth-order valence-electron chi connectivity index (χ4n) is 3.12. The van der Waals surface area contributed by atoms with Crippen molar-refractivity contribution < 1.29 is 18.9 Å². The molecule has 1 N–H and O–H groups in total. The lowest BCUT2D eigenvalue weighted by Crippen LogP contribution is -2.42. The highest BCUT2D eigenvalue weighted by Crippen LogP contribution is 2.17. The zero-order valence-corrected chi connectivity index (χ0v) is 15.4. The molecule has 1 aliphatic rings. The molecule has 1 aliphatic heterocycles. The Balaban J connectivity index is 1.61. The zero-order chi connectivity index (χ0) is 19.4.